The van der Waals surface area contributed by atoms with Crippen molar-refractivity contribution in [3.05, 3.63) is 36.3 Å². The van der Waals surface area contributed by atoms with Crippen molar-refractivity contribution in [1.29, 1.82) is 0 Å². The van der Waals surface area contributed by atoms with Crippen molar-refractivity contribution in [2.45, 2.75) is 32.2 Å². The van der Waals surface area contributed by atoms with Crippen LogP contribution in [-0.4, -0.2) is 40.0 Å². The number of carbonyl (C=O) groups excluding carboxylic acids is 1. The molecule has 116 valence electrons. The summed E-state index contributed by atoms with van der Waals surface area (Å²) in [7, 11) is 0. The van der Waals surface area contributed by atoms with Crippen LogP contribution < -0.4 is 10.2 Å². The Labute approximate surface area is 128 Å². The van der Waals surface area contributed by atoms with Crippen LogP contribution >= 0.6 is 0 Å². The highest BCUT2D eigenvalue weighted by Gasteiger charge is 2.25. The molecule has 0 bridgehead atoms. The Balaban J connectivity index is 1.64. The number of amides is 1. The Kier molecular flexibility index (Phi) is 4.32. The van der Waals surface area contributed by atoms with Crippen molar-refractivity contribution in [1.82, 2.24) is 20.3 Å². The standard InChI is InChI=1S/C15H19N5O2/c1-2-12-13(18-10-22-12)14(21)19-11-5-3-8-20(9-11)15-16-6-4-7-17-15/h4,6-7,10-11H,2-3,5,8-9H2,1H3,(H,19,21)/t11-/m1/s1. The fourth-order valence-electron chi connectivity index (χ4n) is 2.69. The number of hydrogen-bond acceptors (Lipinski definition) is 6. The second kappa shape index (κ2) is 6.55. The summed E-state index contributed by atoms with van der Waals surface area (Å²) < 4.78 is 5.21. The topological polar surface area (TPSA) is 84.2 Å². The van der Waals surface area contributed by atoms with Gasteiger partial charge in [-0.05, 0) is 18.9 Å². The molecule has 2 aromatic rings. The van der Waals surface area contributed by atoms with Crippen molar-refractivity contribution in [3.63, 3.8) is 0 Å². The van der Waals surface area contributed by atoms with Crippen LogP contribution in [0, 0.1) is 0 Å². The van der Waals surface area contributed by atoms with E-state index in [-0.39, 0.29) is 11.9 Å². The van der Waals surface area contributed by atoms with Gasteiger partial charge in [-0.1, -0.05) is 6.92 Å². The molecule has 1 aliphatic heterocycles. The molecule has 0 aromatic carbocycles. The molecule has 0 aliphatic carbocycles. The third kappa shape index (κ3) is 3.08. The Morgan fingerprint density at radius 2 is 2.23 bits per heavy atom. The molecule has 0 unspecified atom stereocenters. The molecular formula is C15H19N5O2. The Morgan fingerprint density at radius 1 is 1.41 bits per heavy atom. The SMILES string of the molecule is CCc1ocnc1C(=O)N[C@@H]1CCCN(c2ncccn2)C1. The molecule has 3 heterocycles. The van der Waals surface area contributed by atoms with Crippen LogP contribution in [0.2, 0.25) is 0 Å². The van der Waals surface area contributed by atoms with Gasteiger partial charge in [0, 0.05) is 37.9 Å². The van der Waals surface area contributed by atoms with Gasteiger partial charge < -0.3 is 14.6 Å². The molecule has 0 radical (unpaired) electrons. The summed E-state index contributed by atoms with van der Waals surface area (Å²) in [4.78, 5) is 27.0. The molecule has 2 aromatic heterocycles. The van der Waals surface area contributed by atoms with Crippen molar-refractivity contribution >= 4 is 11.9 Å². The number of carbonyl (C=O) groups is 1. The van der Waals surface area contributed by atoms with Crippen molar-refractivity contribution in [3.8, 4) is 0 Å². The first-order valence-electron chi connectivity index (χ1n) is 7.53. The number of nitrogens with zero attached hydrogens (tertiary/aromatic N) is 4. The molecule has 1 fully saturated rings. The maximum absolute atomic E-state index is 12.3. The van der Waals surface area contributed by atoms with Gasteiger partial charge in [-0.3, -0.25) is 4.79 Å². The highest BCUT2D eigenvalue weighted by Crippen LogP contribution is 2.16. The lowest BCUT2D eigenvalue weighted by Gasteiger charge is -2.32. The molecule has 0 spiro atoms. The first-order valence-corrected chi connectivity index (χ1v) is 7.53. The van der Waals surface area contributed by atoms with Crippen LogP contribution in [0.5, 0.6) is 0 Å². The summed E-state index contributed by atoms with van der Waals surface area (Å²) in [6.07, 6.45) is 7.36. The maximum atomic E-state index is 12.3. The molecule has 3 rings (SSSR count). The summed E-state index contributed by atoms with van der Waals surface area (Å²) in [5.74, 6) is 1.15. The van der Waals surface area contributed by atoms with Gasteiger partial charge in [0.05, 0.1) is 0 Å². The molecule has 1 aliphatic rings. The van der Waals surface area contributed by atoms with Crippen LogP contribution in [0.15, 0.2) is 29.3 Å². The minimum absolute atomic E-state index is 0.0615. The number of hydrogen-bond donors (Lipinski definition) is 1. The Bertz CT molecular complexity index is 628. The van der Waals surface area contributed by atoms with Gasteiger partial charge in [0.15, 0.2) is 12.1 Å². The quantitative estimate of drug-likeness (QED) is 0.919. The zero-order valence-electron chi connectivity index (χ0n) is 12.5. The third-order valence-corrected chi connectivity index (χ3v) is 3.77. The maximum Gasteiger partial charge on any atom is 0.273 e. The summed E-state index contributed by atoms with van der Waals surface area (Å²) in [6.45, 7) is 3.54. The number of aromatic nitrogens is 3. The first kappa shape index (κ1) is 14.5. The number of piperidine rings is 1. The van der Waals surface area contributed by atoms with Gasteiger partial charge >= 0.3 is 0 Å². The molecule has 7 nitrogen and oxygen atoms in total. The average molecular weight is 301 g/mol. The van der Waals surface area contributed by atoms with Gasteiger partial charge in [0.1, 0.15) is 5.76 Å². The lowest BCUT2D eigenvalue weighted by molar-refractivity contribution is 0.0926. The molecule has 1 amide bonds. The Morgan fingerprint density at radius 3 is 3.00 bits per heavy atom. The van der Waals surface area contributed by atoms with Gasteiger partial charge in [0.2, 0.25) is 5.95 Å². The number of rotatable bonds is 4. The second-order valence-electron chi connectivity index (χ2n) is 5.29. The molecule has 1 saturated heterocycles. The van der Waals surface area contributed by atoms with E-state index in [0.29, 0.717) is 30.4 Å². The van der Waals surface area contributed by atoms with E-state index in [1.807, 2.05) is 6.92 Å². The van der Waals surface area contributed by atoms with Gasteiger partial charge in [-0.15, -0.1) is 0 Å². The predicted molar refractivity (Wildman–Crippen MR) is 80.6 cm³/mol. The highest BCUT2D eigenvalue weighted by atomic mass is 16.3. The average Bonchev–Trinajstić information content (AvgIpc) is 3.05. The van der Waals surface area contributed by atoms with Gasteiger partial charge in [-0.2, -0.15) is 0 Å². The molecule has 1 N–H and O–H groups in total. The summed E-state index contributed by atoms with van der Waals surface area (Å²) in [5, 5.41) is 3.04. The van der Waals surface area contributed by atoms with E-state index in [9.17, 15) is 4.79 Å². The molecule has 1 atom stereocenters. The van der Waals surface area contributed by atoms with Crippen LogP contribution in [0.4, 0.5) is 5.95 Å². The Hall–Kier alpha value is -2.44. The summed E-state index contributed by atoms with van der Waals surface area (Å²) in [5.41, 5.74) is 0.385. The van der Waals surface area contributed by atoms with E-state index in [0.717, 1.165) is 19.4 Å². The first-order chi connectivity index (χ1) is 10.8. The molecule has 0 saturated carbocycles. The van der Waals surface area contributed by atoms with E-state index < -0.39 is 0 Å². The van der Waals surface area contributed by atoms with Crippen LogP contribution in [-0.2, 0) is 6.42 Å². The highest BCUT2D eigenvalue weighted by molar-refractivity contribution is 5.93. The zero-order valence-corrected chi connectivity index (χ0v) is 12.5. The van der Waals surface area contributed by atoms with Crippen molar-refractivity contribution in [2.75, 3.05) is 18.0 Å². The van der Waals surface area contributed by atoms with Crippen molar-refractivity contribution < 1.29 is 9.21 Å². The lowest BCUT2D eigenvalue weighted by atomic mass is 10.1. The van der Waals surface area contributed by atoms with E-state index in [1.165, 1.54) is 6.39 Å². The summed E-state index contributed by atoms with van der Waals surface area (Å²) in [6, 6.07) is 1.86. The van der Waals surface area contributed by atoms with Crippen LogP contribution in [0.25, 0.3) is 0 Å². The fourth-order valence-corrected chi connectivity index (χ4v) is 2.69. The second-order valence-corrected chi connectivity index (χ2v) is 5.29. The van der Waals surface area contributed by atoms with E-state index in [4.69, 9.17) is 4.42 Å². The largest absolute Gasteiger partial charge is 0.448 e. The molecular weight excluding hydrogens is 282 g/mol. The number of aryl methyl sites for hydroxylation is 1. The van der Waals surface area contributed by atoms with Gasteiger partial charge in [0.25, 0.3) is 5.91 Å². The van der Waals surface area contributed by atoms with E-state index in [2.05, 4.69) is 25.2 Å². The van der Waals surface area contributed by atoms with E-state index in [1.54, 1.807) is 18.5 Å². The fraction of sp³-hybridized carbons (Fsp3) is 0.467. The molecule has 22 heavy (non-hydrogen) atoms. The smallest absolute Gasteiger partial charge is 0.273 e. The van der Waals surface area contributed by atoms with Gasteiger partial charge in [-0.25, -0.2) is 15.0 Å². The minimum Gasteiger partial charge on any atom is -0.448 e. The minimum atomic E-state index is -0.175. The third-order valence-electron chi connectivity index (χ3n) is 3.77. The van der Waals surface area contributed by atoms with Crippen molar-refractivity contribution in [2.24, 2.45) is 0 Å². The number of nitrogens with one attached hydrogen (secondary N) is 1. The number of anilines is 1. The number of oxazole rings is 1. The zero-order chi connectivity index (χ0) is 15.4. The predicted octanol–water partition coefficient (Wildman–Crippen LogP) is 1.43. The lowest BCUT2D eigenvalue weighted by Crippen LogP contribution is -2.48. The van der Waals surface area contributed by atoms with E-state index >= 15 is 0 Å². The van der Waals surface area contributed by atoms with Crippen LogP contribution in [0.1, 0.15) is 36.0 Å². The van der Waals surface area contributed by atoms with Crippen LogP contribution in [0.3, 0.4) is 0 Å². The normalized spacial score (nSPS) is 18.2. The monoisotopic (exact) mass is 301 g/mol. The summed E-state index contributed by atoms with van der Waals surface area (Å²) >= 11 is 0. The molecule has 7 heteroatoms.